The number of alkyl halides is 1. The first-order valence-corrected chi connectivity index (χ1v) is 12.4. The van der Waals surface area contributed by atoms with E-state index in [2.05, 4.69) is 19.3 Å². The van der Waals surface area contributed by atoms with Crippen LogP contribution in [0.4, 0.5) is 0 Å². The van der Waals surface area contributed by atoms with E-state index in [-0.39, 0.29) is 17.8 Å². The third-order valence-corrected chi connectivity index (χ3v) is 8.26. The van der Waals surface area contributed by atoms with Crippen molar-refractivity contribution in [2.45, 2.75) is 101 Å². The van der Waals surface area contributed by atoms with Crippen molar-refractivity contribution >= 4 is 17.3 Å². The molecule has 1 aliphatic heterocycles. The van der Waals surface area contributed by atoms with E-state index in [4.69, 9.17) is 16.7 Å². The average molecular weight is 463 g/mol. The lowest BCUT2D eigenvalue weighted by molar-refractivity contribution is -1.09. The number of quaternary nitrogens is 3. The summed E-state index contributed by atoms with van der Waals surface area (Å²) in [6, 6.07) is -1.02. The summed E-state index contributed by atoms with van der Waals surface area (Å²) in [6.45, 7) is 6.67. The lowest BCUT2D eigenvalue weighted by Crippen LogP contribution is -3.17. The molecule has 1 heterocycles. The van der Waals surface area contributed by atoms with Crippen molar-refractivity contribution in [3.63, 3.8) is 0 Å². The van der Waals surface area contributed by atoms with Crippen LogP contribution in [0.2, 0.25) is 0 Å². The first-order valence-electron chi connectivity index (χ1n) is 12.0. The maximum Gasteiger partial charge on any atom is 0.144 e. The van der Waals surface area contributed by atoms with Crippen molar-refractivity contribution in [3.05, 3.63) is 10.4 Å². The van der Waals surface area contributed by atoms with E-state index in [0.29, 0.717) is 30.7 Å². The fraction of sp³-hybridized carbons (Fsp3) is 0.952. The molecule has 3 aliphatic rings. The second-order valence-corrected chi connectivity index (χ2v) is 10.8. The van der Waals surface area contributed by atoms with Gasteiger partial charge in [-0.2, -0.15) is 5.10 Å². The largest absolute Gasteiger partial charge is 0.600 e. The van der Waals surface area contributed by atoms with E-state index < -0.39 is 22.5 Å². The lowest BCUT2D eigenvalue weighted by Gasteiger charge is -2.39. The van der Waals surface area contributed by atoms with Crippen LogP contribution in [0.25, 0.3) is 0 Å². The van der Waals surface area contributed by atoms with E-state index in [1.54, 1.807) is 4.90 Å². The molecule has 0 radical (unpaired) electrons. The van der Waals surface area contributed by atoms with Crippen LogP contribution in [0.5, 0.6) is 0 Å². The summed E-state index contributed by atoms with van der Waals surface area (Å²) in [5.41, 5.74) is 4.35. The van der Waals surface area contributed by atoms with Gasteiger partial charge in [-0.3, -0.25) is 0 Å². The predicted molar refractivity (Wildman–Crippen MR) is 118 cm³/mol. The van der Waals surface area contributed by atoms with Crippen molar-refractivity contribution in [1.29, 1.82) is 0 Å². The third kappa shape index (κ3) is 6.98. The number of hydroxylamine groups is 4. The topological polar surface area (TPSA) is 124 Å². The normalized spacial score (nSPS) is 42.1. The van der Waals surface area contributed by atoms with Crippen LogP contribution in [0.1, 0.15) is 71.6 Å². The highest BCUT2D eigenvalue weighted by Gasteiger charge is 2.39. The van der Waals surface area contributed by atoms with Crippen LogP contribution < -0.4 is 20.8 Å². The molecular weight excluding hydrogens is 422 g/mol. The molecule has 180 valence electrons. The Balaban J connectivity index is 1.71. The molecule has 8 unspecified atom stereocenters. The van der Waals surface area contributed by atoms with Gasteiger partial charge in [0, 0.05) is 23.6 Å². The molecule has 3 fully saturated rings. The maximum atomic E-state index is 11.8. The van der Waals surface area contributed by atoms with Gasteiger partial charge in [0.25, 0.3) is 0 Å². The first kappa shape index (κ1) is 25.1. The SMILES string of the molecule is CC1CCC(C)[NH+](CC(=NNC2CCC([NH+]([O-])O)CC2[NH+]([O-])O)C2CCC(Cl)CC2)C1. The second-order valence-electron chi connectivity index (χ2n) is 10.2. The molecule has 31 heavy (non-hydrogen) atoms. The fourth-order valence-electron chi connectivity index (χ4n) is 5.62. The summed E-state index contributed by atoms with van der Waals surface area (Å²) in [5.74, 6) is 1.10. The molecule has 0 aromatic carbocycles. The minimum absolute atomic E-state index is 0.163. The van der Waals surface area contributed by atoms with Crippen molar-refractivity contribution in [2.24, 2.45) is 16.9 Å². The van der Waals surface area contributed by atoms with Gasteiger partial charge < -0.3 is 20.7 Å². The molecule has 0 bridgehead atoms. The second kappa shape index (κ2) is 11.6. The zero-order valence-corrected chi connectivity index (χ0v) is 19.6. The molecule has 0 aromatic rings. The molecule has 0 aromatic heterocycles. The van der Waals surface area contributed by atoms with Gasteiger partial charge in [0.15, 0.2) is 0 Å². The minimum atomic E-state index is -0.938. The van der Waals surface area contributed by atoms with Gasteiger partial charge in [-0.25, -0.2) is 20.9 Å². The summed E-state index contributed by atoms with van der Waals surface area (Å²) in [4.78, 5) is 1.57. The number of nitrogens with zero attached hydrogens (tertiary/aromatic N) is 1. The Kier molecular flexibility index (Phi) is 9.36. The van der Waals surface area contributed by atoms with Crippen molar-refractivity contribution in [1.82, 2.24) is 5.43 Å². The Bertz CT molecular complexity index is 588. The fourth-order valence-corrected chi connectivity index (χ4v) is 5.87. The summed E-state index contributed by atoms with van der Waals surface area (Å²) < 4.78 is 0. The molecule has 9 nitrogen and oxygen atoms in total. The number of piperidine rings is 1. The van der Waals surface area contributed by atoms with Crippen molar-refractivity contribution in [2.75, 3.05) is 13.1 Å². The smallest absolute Gasteiger partial charge is 0.144 e. The van der Waals surface area contributed by atoms with E-state index in [9.17, 15) is 20.8 Å². The van der Waals surface area contributed by atoms with Crippen LogP contribution in [0.15, 0.2) is 5.10 Å². The van der Waals surface area contributed by atoms with Gasteiger partial charge in [0.2, 0.25) is 0 Å². The van der Waals surface area contributed by atoms with E-state index >= 15 is 0 Å². The Labute approximate surface area is 190 Å². The van der Waals surface area contributed by atoms with Gasteiger partial charge in [-0.15, -0.1) is 11.6 Å². The molecule has 1 saturated heterocycles. The number of likely N-dealkylation sites (tertiary alicyclic amines) is 1. The van der Waals surface area contributed by atoms with Crippen LogP contribution in [-0.4, -0.2) is 58.8 Å². The number of hydrogen-bond acceptors (Lipinski definition) is 6. The summed E-state index contributed by atoms with van der Waals surface area (Å²) in [5, 5.41) is 45.4. The Morgan fingerprint density at radius 1 is 1.03 bits per heavy atom. The minimum Gasteiger partial charge on any atom is -0.600 e. The zero-order valence-electron chi connectivity index (χ0n) is 18.9. The van der Waals surface area contributed by atoms with Crippen LogP contribution in [0, 0.1) is 22.3 Å². The zero-order chi connectivity index (χ0) is 22.5. The predicted octanol–water partition coefficient (Wildman–Crippen LogP) is -0.734. The van der Waals surface area contributed by atoms with Gasteiger partial charge in [-0.05, 0) is 51.9 Å². The number of hydrazone groups is 1. The Morgan fingerprint density at radius 3 is 2.39 bits per heavy atom. The molecule has 0 spiro atoms. The van der Waals surface area contributed by atoms with Crippen LogP contribution in [-0.2, 0) is 0 Å². The summed E-state index contributed by atoms with van der Waals surface area (Å²) >= 11 is 6.34. The molecule has 6 N–H and O–H groups in total. The standard InChI is InChI=1S/C21H40ClN5O4/c1-14-3-4-15(2)25(12-14)13-20(16-5-7-17(22)8-6-16)24-23-19-10-9-18(26(28)29)11-21(19)27(30)31/h14-19,21,23,26-28,30H,3-13H2,1-2H3/p+1. The average Bonchev–Trinajstić information content (AvgIpc) is 2.74. The van der Waals surface area contributed by atoms with Gasteiger partial charge >= 0.3 is 0 Å². The molecule has 8 atom stereocenters. The van der Waals surface area contributed by atoms with Gasteiger partial charge in [-0.1, -0.05) is 6.92 Å². The maximum absolute atomic E-state index is 11.8. The Morgan fingerprint density at radius 2 is 1.74 bits per heavy atom. The van der Waals surface area contributed by atoms with Gasteiger partial charge in [0.1, 0.15) is 18.6 Å². The Hall–Kier alpha value is -0.520. The van der Waals surface area contributed by atoms with Crippen LogP contribution >= 0.6 is 11.6 Å². The first-order chi connectivity index (χ1) is 14.7. The summed E-state index contributed by atoms with van der Waals surface area (Å²) in [7, 11) is 0. The number of rotatable bonds is 7. The number of halogens is 1. The highest BCUT2D eigenvalue weighted by atomic mass is 35.5. The number of hydrogen-bond donors (Lipinski definition) is 6. The molecule has 3 rings (SSSR count). The monoisotopic (exact) mass is 462 g/mol. The molecule has 10 heteroatoms. The van der Waals surface area contributed by atoms with Gasteiger partial charge in [0.05, 0.1) is 30.8 Å². The highest BCUT2D eigenvalue weighted by Crippen LogP contribution is 2.28. The van der Waals surface area contributed by atoms with E-state index in [1.807, 2.05) is 0 Å². The van der Waals surface area contributed by atoms with Crippen molar-refractivity contribution in [3.8, 4) is 0 Å². The number of nitrogens with one attached hydrogen (secondary N) is 4. The van der Waals surface area contributed by atoms with Crippen LogP contribution in [0.3, 0.4) is 0 Å². The lowest BCUT2D eigenvalue weighted by atomic mass is 9.84. The van der Waals surface area contributed by atoms with E-state index in [1.165, 1.54) is 12.8 Å². The third-order valence-electron chi connectivity index (χ3n) is 7.83. The highest BCUT2D eigenvalue weighted by molar-refractivity contribution is 6.20. The molecule has 2 saturated carbocycles. The molecular formula is C21H41ClN5O4+. The molecule has 0 amide bonds. The summed E-state index contributed by atoms with van der Waals surface area (Å²) in [6.07, 6.45) is 7.72. The quantitative estimate of drug-likeness (QED) is 0.169. The molecule has 2 aliphatic carbocycles. The van der Waals surface area contributed by atoms with E-state index in [0.717, 1.165) is 44.5 Å². The van der Waals surface area contributed by atoms with Crippen molar-refractivity contribution < 1.29 is 25.8 Å².